The Kier molecular flexibility index (Phi) is 4.19. The van der Waals surface area contributed by atoms with Gasteiger partial charge in [-0.15, -0.1) is 0 Å². The maximum atomic E-state index is 9.64. The van der Waals surface area contributed by atoms with Crippen LogP contribution in [0.3, 0.4) is 0 Å². The summed E-state index contributed by atoms with van der Waals surface area (Å²) in [5, 5.41) is 9.64. The van der Waals surface area contributed by atoms with Gasteiger partial charge in [0, 0.05) is 31.3 Å². The number of benzene rings is 1. The number of para-hydroxylation sites is 1. The Labute approximate surface area is 117 Å². The predicted octanol–water partition coefficient (Wildman–Crippen LogP) is 3.65. The number of aliphatic hydroxyl groups excluding tert-OH is 1. The Bertz CT molecular complexity index is 425. The molecule has 1 fully saturated rings. The highest BCUT2D eigenvalue weighted by Crippen LogP contribution is 2.38. The lowest BCUT2D eigenvalue weighted by atomic mass is 9.73. The quantitative estimate of drug-likeness (QED) is 0.897. The summed E-state index contributed by atoms with van der Waals surface area (Å²) >= 11 is 0. The van der Waals surface area contributed by atoms with E-state index in [4.69, 9.17) is 0 Å². The van der Waals surface area contributed by atoms with Crippen molar-refractivity contribution >= 4 is 5.69 Å². The average molecular weight is 261 g/mol. The van der Waals surface area contributed by atoms with Crippen LogP contribution in [0, 0.1) is 11.3 Å². The van der Waals surface area contributed by atoms with Gasteiger partial charge in [-0.3, -0.25) is 0 Å². The monoisotopic (exact) mass is 261 g/mol. The lowest BCUT2D eigenvalue weighted by Crippen LogP contribution is -2.46. The molecular formula is C17H27NO. The van der Waals surface area contributed by atoms with E-state index in [-0.39, 0.29) is 12.0 Å². The Morgan fingerprint density at radius 1 is 1.32 bits per heavy atom. The number of rotatable bonds is 3. The normalized spacial score (nSPS) is 22.8. The summed E-state index contributed by atoms with van der Waals surface area (Å²) in [5.74, 6) is 0.903. The first-order valence-electron chi connectivity index (χ1n) is 7.40. The number of anilines is 1. The molecule has 106 valence electrons. The highest BCUT2D eigenvalue weighted by Gasteiger charge is 2.35. The molecule has 1 aliphatic rings. The van der Waals surface area contributed by atoms with Crippen LogP contribution < -0.4 is 4.90 Å². The Balaban J connectivity index is 2.24. The zero-order valence-corrected chi connectivity index (χ0v) is 12.7. The first-order chi connectivity index (χ1) is 8.95. The van der Waals surface area contributed by atoms with Gasteiger partial charge in [-0.25, -0.2) is 0 Å². The summed E-state index contributed by atoms with van der Waals surface area (Å²) < 4.78 is 0. The van der Waals surface area contributed by atoms with Gasteiger partial charge in [-0.1, -0.05) is 45.9 Å². The molecule has 1 heterocycles. The summed E-state index contributed by atoms with van der Waals surface area (Å²) in [6.45, 7) is 11.4. The molecule has 0 saturated carbocycles. The third kappa shape index (κ3) is 2.94. The van der Waals surface area contributed by atoms with E-state index < -0.39 is 0 Å². The molecule has 1 N–H and O–H groups in total. The molecule has 1 saturated heterocycles. The van der Waals surface area contributed by atoms with Gasteiger partial charge in [-0.2, -0.15) is 0 Å². The van der Waals surface area contributed by atoms with Gasteiger partial charge >= 0.3 is 0 Å². The Morgan fingerprint density at radius 2 is 2.00 bits per heavy atom. The highest BCUT2D eigenvalue weighted by molar-refractivity contribution is 5.55. The SMILES string of the molecule is CC(C)c1ccccc1N1CCC(C)(C)C(CO)C1. The number of aliphatic hydroxyl groups is 1. The van der Waals surface area contributed by atoms with E-state index in [1.807, 2.05) is 0 Å². The molecule has 2 heteroatoms. The van der Waals surface area contributed by atoms with Crippen molar-refractivity contribution in [2.45, 2.75) is 40.0 Å². The average Bonchev–Trinajstić information content (AvgIpc) is 2.38. The summed E-state index contributed by atoms with van der Waals surface area (Å²) in [6, 6.07) is 8.70. The molecule has 1 unspecified atom stereocenters. The number of hydrogen-bond donors (Lipinski definition) is 1. The van der Waals surface area contributed by atoms with Gasteiger partial charge in [0.15, 0.2) is 0 Å². The summed E-state index contributed by atoms with van der Waals surface area (Å²) in [6.07, 6.45) is 1.14. The van der Waals surface area contributed by atoms with Crippen LogP contribution in [0.2, 0.25) is 0 Å². The van der Waals surface area contributed by atoms with Gasteiger partial charge < -0.3 is 10.0 Å². The molecule has 0 radical (unpaired) electrons. The molecule has 0 spiro atoms. The minimum absolute atomic E-state index is 0.248. The van der Waals surface area contributed by atoms with E-state index in [0.717, 1.165) is 19.5 Å². The van der Waals surface area contributed by atoms with Gasteiger partial charge in [0.1, 0.15) is 0 Å². The third-order valence-electron chi connectivity index (χ3n) is 4.69. The molecule has 1 aromatic rings. The highest BCUT2D eigenvalue weighted by atomic mass is 16.3. The predicted molar refractivity (Wildman–Crippen MR) is 81.7 cm³/mol. The number of piperidine rings is 1. The first kappa shape index (κ1) is 14.4. The van der Waals surface area contributed by atoms with Crippen molar-refractivity contribution in [3.8, 4) is 0 Å². The van der Waals surface area contributed by atoms with Crippen LogP contribution in [-0.4, -0.2) is 24.8 Å². The zero-order valence-electron chi connectivity index (χ0n) is 12.7. The van der Waals surface area contributed by atoms with E-state index in [9.17, 15) is 5.11 Å². The summed E-state index contributed by atoms with van der Waals surface area (Å²) in [4.78, 5) is 2.46. The third-order valence-corrected chi connectivity index (χ3v) is 4.69. The second-order valence-electron chi connectivity index (χ2n) is 6.78. The number of nitrogens with zero attached hydrogens (tertiary/aromatic N) is 1. The van der Waals surface area contributed by atoms with Gasteiger partial charge in [0.05, 0.1) is 0 Å². The Hall–Kier alpha value is -1.02. The van der Waals surface area contributed by atoms with Crippen molar-refractivity contribution in [1.29, 1.82) is 0 Å². The molecule has 2 rings (SSSR count). The van der Waals surface area contributed by atoms with Crippen LogP contribution in [0.15, 0.2) is 24.3 Å². The van der Waals surface area contributed by atoms with Crippen LogP contribution in [0.25, 0.3) is 0 Å². The molecule has 0 bridgehead atoms. The van der Waals surface area contributed by atoms with Crippen molar-refractivity contribution in [2.75, 3.05) is 24.6 Å². The van der Waals surface area contributed by atoms with Crippen molar-refractivity contribution < 1.29 is 5.11 Å². The van der Waals surface area contributed by atoms with Crippen molar-refractivity contribution in [3.05, 3.63) is 29.8 Å². The molecule has 1 aromatic carbocycles. The largest absolute Gasteiger partial charge is 0.396 e. The summed E-state index contributed by atoms with van der Waals surface area (Å²) in [5.41, 5.74) is 3.02. The van der Waals surface area contributed by atoms with Gasteiger partial charge in [-0.05, 0) is 29.4 Å². The molecule has 0 aromatic heterocycles. The van der Waals surface area contributed by atoms with Crippen LogP contribution in [0.1, 0.15) is 45.6 Å². The van der Waals surface area contributed by atoms with E-state index in [2.05, 4.69) is 56.9 Å². The van der Waals surface area contributed by atoms with Crippen molar-refractivity contribution in [2.24, 2.45) is 11.3 Å². The lowest BCUT2D eigenvalue weighted by molar-refractivity contribution is 0.0967. The summed E-state index contributed by atoms with van der Waals surface area (Å²) in [7, 11) is 0. The second-order valence-corrected chi connectivity index (χ2v) is 6.78. The number of hydrogen-bond acceptors (Lipinski definition) is 2. The maximum absolute atomic E-state index is 9.64. The minimum Gasteiger partial charge on any atom is -0.396 e. The first-order valence-corrected chi connectivity index (χ1v) is 7.40. The fourth-order valence-corrected chi connectivity index (χ4v) is 3.02. The van der Waals surface area contributed by atoms with Gasteiger partial charge in [0.25, 0.3) is 0 Å². The fraction of sp³-hybridized carbons (Fsp3) is 0.647. The molecule has 0 aliphatic carbocycles. The van der Waals surface area contributed by atoms with E-state index in [1.54, 1.807) is 0 Å². The van der Waals surface area contributed by atoms with E-state index in [0.29, 0.717) is 11.8 Å². The second kappa shape index (κ2) is 5.54. The molecular weight excluding hydrogens is 234 g/mol. The van der Waals surface area contributed by atoms with Crippen LogP contribution >= 0.6 is 0 Å². The Morgan fingerprint density at radius 3 is 2.63 bits per heavy atom. The van der Waals surface area contributed by atoms with Crippen molar-refractivity contribution in [3.63, 3.8) is 0 Å². The van der Waals surface area contributed by atoms with E-state index in [1.165, 1.54) is 11.3 Å². The molecule has 2 nitrogen and oxygen atoms in total. The topological polar surface area (TPSA) is 23.5 Å². The van der Waals surface area contributed by atoms with Crippen LogP contribution in [-0.2, 0) is 0 Å². The standard InChI is InChI=1S/C17H27NO/c1-13(2)15-7-5-6-8-16(15)18-10-9-17(3,4)14(11-18)12-19/h5-8,13-14,19H,9-12H2,1-4H3. The lowest BCUT2D eigenvalue weighted by Gasteiger charge is -2.45. The molecule has 0 amide bonds. The maximum Gasteiger partial charge on any atom is 0.0481 e. The van der Waals surface area contributed by atoms with Crippen molar-refractivity contribution in [1.82, 2.24) is 0 Å². The fourth-order valence-electron chi connectivity index (χ4n) is 3.02. The molecule has 19 heavy (non-hydrogen) atoms. The van der Waals surface area contributed by atoms with Crippen LogP contribution in [0.4, 0.5) is 5.69 Å². The zero-order chi connectivity index (χ0) is 14.0. The van der Waals surface area contributed by atoms with Gasteiger partial charge in [0.2, 0.25) is 0 Å². The van der Waals surface area contributed by atoms with Crippen LogP contribution in [0.5, 0.6) is 0 Å². The van der Waals surface area contributed by atoms with E-state index >= 15 is 0 Å². The molecule has 1 atom stereocenters. The smallest absolute Gasteiger partial charge is 0.0481 e. The molecule has 1 aliphatic heterocycles. The minimum atomic E-state index is 0.248.